The van der Waals surface area contributed by atoms with Gasteiger partial charge < -0.3 is 14.8 Å². The zero-order valence-electron chi connectivity index (χ0n) is 18.8. The molecule has 0 amide bonds. The molecule has 4 bridgehead atoms. The number of aryl methyl sites for hydroxylation is 1. The number of nitrogens with one attached hydrogen (secondary N) is 1. The van der Waals surface area contributed by atoms with Crippen molar-refractivity contribution in [2.24, 2.45) is 17.8 Å². The Balaban J connectivity index is 1.29. The van der Waals surface area contributed by atoms with Crippen LogP contribution in [0.2, 0.25) is 5.02 Å². The van der Waals surface area contributed by atoms with E-state index in [0.29, 0.717) is 29.5 Å². The van der Waals surface area contributed by atoms with Crippen LogP contribution in [0.4, 0.5) is 0 Å². The van der Waals surface area contributed by atoms with Crippen molar-refractivity contribution in [3.63, 3.8) is 0 Å². The van der Waals surface area contributed by atoms with Crippen LogP contribution in [0.25, 0.3) is 0 Å². The monoisotopic (exact) mass is 439 g/mol. The summed E-state index contributed by atoms with van der Waals surface area (Å²) in [4.78, 5) is 0. The smallest absolute Gasteiger partial charge is 0.180 e. The number of hydrogen-bond donors (Lipinski definition) is 1. The molecule has 1 N–H and O–H groups in total. The summed E-state index contributed by atoms with van der Waals surface area (Å²) in [7, 11) is 0. The highest BCUT2D eigenvalue weighted by molar-refractivity contribution is 6.32. The predicted octanol–water partition coefficient (Wildman–Crippen LogP) is 6.68. The van der Waals surface area contributed by atoms with Crippen LogP contribution in [-0.2, 0) is 13.2 Å². The van der Waals surface area contributed by atoms with Gasteiger partial charge in [-0.3, -0.25) is 0 Å². The van der Waals surface area contributed by atoms with Crippen molar-refractivity contribution in [3.05, 3.63) is 58.1 Å². The molecule has 4 aliphatic carbocycles. The third-order valence-electron chi connectivity index (χ3n) is 7.58. The fraction of sp³-hybridized carbons (Fsp3) is 0.556. The van der Waals surface area contributed by atoms with E-state index >= 15 is 0 Å². The van der Waals surface area contributed by atoms with E-state index in [1.807, 2.05) is 13.0 Å². The first-order valence-electron chi connectivity index (χ1n) is 11.9. The van der Waals surface area contributed by atoms with Gasteiger partial charge in [0.25, 0.3) is 0 Å². The van der Waals surface area contributed by atoms with Gasteiger partial charge >= 0.3 is 0 Å². The lowest BCUT2D eigenvalue weighted by Gasteiger charge is -2.57. The Kier molecular flexibility index (Phi) is 5.92. The van der Waals surface area contributed by atoms with Crippen molar-refractivity contribution in [1.82, 2.24) is 5.32 Å². The second-order valence-electron chi connectivity index (χ2n) is 10.2. The summed E-state index contributed by atoms with van der Waals surface area (Å²) in [5.74, 6) is 4.21. The zero-order valence-corrected chi connectivity index (χ0v) is 19.5. The van der Waals surface area contributed by atoms with Gasteiger partial charge in [0.05, 0.1) is 11.6 Å². The highest BCUT2D eigenvalue weighted by Crippen LogP contribution is 2.55. The van der Waals surface area contributed by atoms with E-state index in [1.54, 1.807) is 0 Å². The van der Waals surface area contributed by atoms with Gasteiger partial charge in [-0.1, -0.05) is 41.4 Å². The van der Waals surface area contributed by atoms with Crippen molar-refractivity contribution in [1.29, 1.82) is 0 Å². The minimum absolute atomic E-state index is 0.341. The molecule has 4 heteroatoms. The minimum Gasteiger partial charge on any atom is -0.490 e. The molecule has 166 valence electrons. The van der Waals surface area contributed by atoms with Crippen molar-refractivity contribution < 1.29 is 9.47 Å². The second-order valence-corrected chi connectivity index (χ2v) is 10.6. The van der Waals surface area contributed by atoms with Gasteiger partial charge in [-0.05, 0) is 93.4 Å². The van der Waals surface area contributed by atoms with Crippen molar-refractivity contribution >= 4 is 11.6 Å². The molecule has 4 fully saturated rings. The van der Waals surface area contributed by atoms with E-state index in [1.165, 1.54) is 49.7 Å². The standard InChI is InChI=1S/C27H34ClNO2/c1-3-30-25-12-23(11-24(28)26(25)31-17-19-6-4-18(2)5-7-19)16-29-27-13-20-8-21(14-27)10-22(9-20)15-27/h4-7,11-12,20-22,29H,3,8-10,13-17H2,1-2H3. The normalized spacial score (nSPS) is 28.7. The third kappa shape index (κ3) is 4.59. The van der Waals surface area contributed by atoms with Gasteiger partial charge in [0.1, 0.15) is 6.61 Å². The molecule has 6 rings (SSSR count). The highest BCUT2D eigenvalue weighted by Gasteiger charge is 2.50. The number of benzene rings is 2. The molecule has 0 saturated heterocycles. The molecule has 0 radical (unpaired) electrons. The van der Waals surface area contributed by atoms with Crippen LogP contribution in [0.5, 0.6) is 11.5 Å². The Morgan fingerprint density at radius 2 is 1.58 bits per heavy atom. The molecule has 31 heavy (non-hydrogen) atoms. The maximum atomic E-state index is 6.68. The molecule has 0 unspecified atom stereocenters. The summed E-state index contributed by atoms with van der Waals surface area (Å²) < 4.78 is 12.0. The molecular weight excluding hydrogens is 406 g/mol. The van der Waals surface area contributed by atoms with Gasteiger partial charge in [0, 0.05) is 12.1 Å². The fourth-order valence-corrected chi connectivity index (χ4v) is 6.87. The average Bonchev–Trinajstić information content (AvgIpc) is 2.72. The molecule has 0 heterocycles. The molecule has 0 atom stereocenters. The number of ether oxygens (including phenoxy) is 2. The largest absolute Gasteiger partial charge is 0.490 e. The number of hydrogen-bond acceptors (Lipinski definition) is 3. The van der Waals surface area contributed by atoms with Crippen molar-refractivity contribution in [2.75, 3.05) is 6.61 Å². The summed E-state index contributed by atoms with van der Waals surface area (Å²) in [6.45, 7) is 5.99. The highest BCUT2D eigenvalue weighted by atomic mass is 35.5. The first-order chi connectivity index (χ1) is 15.0. The van der Waals surface area contributed by atoms with Crippen LogP contribution in [0.3, 0.4) is 0 Å². The number of halogens is 1. The topological polar surface area (TPSA) is 30.5 Å². The van der Waals surface area contributed by atoms with Crippen LogP contribution in [-0.4, -0.2) is 12.1 Å². The summed E-state index contributed by atoms with van der Waals surface area (Å²) >= 11 is 6.68. The lowest BCUT2D eigenvalue weighted by molar-refractivity contribution is -0.0206. The second kappa shape index (κ2) is 8.67. The summed E-state index contributed by atoms with van der Waals surface area (Å²) in [5, 5.41) is 4.59. The first-order valence-corrected chi connectivity index (χ1v) is 12.3. The molecule has 3 nitrogen and oxygen atoms in total. The zero-order chi connectivity index (χ0) is 21.4. The number of rotatable bonds is 8. The molecular formula is C27H34ClNO2. The fourth-order valence-electron chi connectivity index (χ4n) is 6.58. The van der Waals surface area contributed by atoms with E-state index in [2.05, 4.69) is 42.6 Å². The van der Waals surface area contributed by atoms with Crippen molar-refractivity contribution in [3.8, 4) is 11.5 Å². The predicted molar refractivity (Wildman–Crippen MR) is 126 cm³/mol. The summed E-state index contributed by atoms with van der Waals surface area (Å²) in [5.41, 5.74) is 3.88. The Morgan fingerprint density at radius 3 is 2.19 bits per heavy atom. The van der Waals surface area contributed by atoms with E-state index in [9.17, 15) is 0 Å². The van der Waals surface area contributed by atoms with E-state index < -0.39 is 0 Å². The molecule has 0 spiro atoms. The van der Waals surface area contributed by atoms with E-state index in [4.69, 9.17) is 21.1 Å². The van der Waals surface area contributed by atoms with Crippen molar-refractivity contribution in [2.45, 2.75) is 71.1 Å². The third-order valence-corrected chi connectivity index (χ3v) is 7.86. The van der Waals surface area contributed by atoms with Crippen LogP contribution < -0.4 is 14.8 Å². The van der Waals surface area contributed by atoms with Gasteiger partial charge in [-0.2, -0.15) is 0 Å². The van der Waals surface area contributed by atoms with E-state index in [0.717, 1.165) is 35.6 Å². The molecule has 0 aliphatic heterocycles. The summed E-state index contributed by atoms with van der Waals surface area (Å²) in [6.07, 6.45) is 8.45. The van der Waals surface area contributed by atoms with Gasteiger partial charge in [-0.25, -0.2) is 0 Å². The van der Waals surface area contributed by atoms with Gasteiger partial charge in [-0.15, -0.1) is 0 Å². The SMILES string of the molecule is CCOc1cc(CNC23CC4CC(CC(C4)C2)C3)cc(Cl)c1OCc1ccc(C)cc1. The molecule has 2 aromatic carbocycles. The average molecular weight is 440 g/mol. The quantitative estimate of drug-likeness (QED) is 0.497. The van der Waals surface area contributed by atoms with Crippen LogP contribution in [0, 0.1) is 24.7 Å². The maximum Gasteiger partial charge on any atom is 0.180 e. The lowest BCUT2D eigenvalue weighted by atomic mass is 9.53. The Hall–Kier alpha value is -1.71. The maximum absolute atomic E-state index is 6.68. The Labute approximate surface area is 191 Å². The van der Waals surface area contributed by atoms with E-state index in [-0.39, 0.29) is 0 Å². The van der Waals surface area contributed by atoms with Gasteiger partial charge in [0.2, 0.25) is 0 Å². The first kappa shape index (κ1) is 21.2. The molecule has 2 aromatic rings. The lowest BCUT2D eigenvalue weighted by Crippen LogP contribution is -2.58. The van der Waals surface area contributed by atoms with Crippen LogP contribution in [0.15, 0.2) is 36.4 Å². The Bertz CT molecular complexity index is 888. The molecule has 4 aliphatic rings. The summed E-state index contributed by atoms with van der Waals surface area (Å²) in [6, 6.07) is 12.5. The van der Waals surface area contributed by atoms with Crippen LogP contribution >= 0.6 is 11.6 Å². The van der Waals surface area contributed by atoms with Gasteiger partial charge in [0.15, 0.2) is 11.5 Å². The minimum atomic E-state index is 0.341. The Morgan fingerprint density at radius 1 is 0.935 bits per heavy atom. The molecule has 0 aromatic heterocycles. The molecule has 4 saturated carbocycles. The van der Waals surface area contributed by atoms with Crippen LogP contribution in [0.1, 0.15) is 62.1 Å².